The number of fused-ring (bicyclic) bond motifs is 1. The normalized spacial score (nSPS) is 20.6. The van der Waals surface area contributed by atoms with Crippen molar-refractivity contribution >= 4 is 12.1 Å². The quantitative estimate of drug-likeness (QED) is 0.311. The molecule has 0 spiro atoms. The zero-order valence-corrected chi connectivity index (χ0v) is 22.2. The number of carbonyl (C=O) groups is 2. The lowest BCUT2D eigenvalue weighted by Crippen LogP contribution is -2.53. The highest BCUT2D eigenvalue weighted by molar-refractivity contribution is 5.90. The van der Waals surface area contributed by atoms with E-state index in [9.17, 15) is 35.9 Å². The molecule has 0 aromatic heterocycles. The van der Waals surface area contributed by atoms with Crippen LogP contribution in [0.4, 0.5) is 31.1 Å². The number of hydrogen-bond donors (Lipinski definition) is 0. The van der Waals surface area contributed by atoms with Crippen LogP contribution in [0.5, 0.6) is 0 Å². The zero-order valence-electron chi connectivity index (χ0n) is 22.2. The molecule has 2 aromatic rings. The van der Waals surface area contributed by atoms with Crippen molar-refractivity contribution in [3.05, 3.63) is 70.3 Å². The topological polar surface area (TPSA) is 59.1 Å². The number of alkyl halides is 6. The summed E-state index contributed by atoms with van der Waals surface area (Å²) >= 11 is 0. The van der Waals surface area contributed by atoms with E-state index in [1.165, 1.54) is 0 Å². The lowest BCUT2D eigenvalue weighted by Gasteiger charge is -2.44. The predicted octanol–water partition coefficient (Wildman–Crippen LogP) is 6.49. The van der Waals surface area contributed by atoms with Crippen molar-refractivity contribution in [3.63, 3.8) is 0 Å². The molecule has 0 radical (unpaired) electrons. The first-order valence-corrected chi connectivity index (χ1v) is 12.8. The summed E-state index contributed by atoms with van der Waals surface area (Å²) in [5, 5.41) is 0. The van der Waals surface area contributed by atoms with Crippen LogP contribution >= 0.6 is 0 Å². The van der Waals surface area contributed by atoms with Crippen LogP contribution in [0.1, 0.15) is 65.8 Å². The second kappa shape index (κ2) is 10.9. The molecule has 1 aliphatic heterocycles. The number of aryl methyl sites for hydroxylation is 1. The van der Waals surface area contributed by atoms with Crippen molar-refractivity contribution in [2.45, 2.75) is 63.7 Å². The fourth-order valence-electron chi connectivity index (χ4n) is 5.05. The molecule has 218 valence electrons. The Morgan fingerprint density at radius 1 is 0.850 bits per heavy atom. The summed E-state index contributed by atoms with van der Waals surface area (Å²) in [4.78, 5) is 29.1. The lowest BCUT2D eigenvalue weighted by molar-refractivity contribution is -0.143. The van der Waals surface area contributed by atoms with E-state index in [1.807, 2.05) is 29.2 Å². The molecule has 1 aliphatic carbocycles. The van der Waals surface area contributed by atoms with E-state index in [2.05, 4.69) is 0 Å². The predicted molar refractivity (Wildman–Crippen MR) is 133 cm³/mol. The minimum absolute atomic E-state index is 0.0272. The second-order valence-electron chi connectivity index (χ2n) is 10.9. The molecule has 1 fully saturated rings. The van der Waals surface area contributed by atoms with Crippen molar-refractivity contribution in [3.8, 4) is 0 Å². The number of benzene rings is 2. The number of carbonyl (C=O) groups excluding carboxylic acids is 2. The van der Waals surface area contributed by atoms with Crippen LogP contribution in [-0.2, 0) is 28.2 Å². The Balaban J connectivity index is 1.58. The van der Waals surface area contributed by atoms with Crippen LogP contribution < -0.4 is 0 Å². The maximum absolute atomic E-state index is 13.3. The molecule has 6 nitrogen and oxygen atoms in total. The summed E-state index contributed by atoms with van der Waals surface area (Å²) in [7, 11) is 0. The summed E-state index contributed by atoms with van der Waals surface area (Å²) in [5.41, 5.74) is -2.79. The van der Waals surface area contributed by atoms with Crippen LogP contribution in [0.3, 0.4) is 0 Å². The fraction of sp³-hybridized carbons (Fsp3) is 0.500. The molecular formula is C28H30F6N2O4. The first-order valence-electron chi connectivity index (χ1n) is 12.8. The molecule has 0 saturated carbocycles. The van der Waals surface area contributed by atoms with Crippen LogP contribution in [0.2, 0.25) is 0 Å². The van der Waals surface area contributed by atoms with Gasteiger partial charge in [-0.3, -0.25) is 4.90 Å². The molecule has 1 heterocycles. The van der Waals surface area contributed by atoms with Crippen LogP contribution in [-0.4, -0.2) is 59.7 Å². The van der Waals surface area contributed by atoms with Gasteiger partial charge >= 0.3 is 24.4 Å². The van der Waals surface area contributed by atoms with E-state index in [4.69, 9.17) is 9.47 Å². The molecule has 2 atom stereocenters. The molecule has 4 rings (SSSR count). The molecule has 0 N–H and O–H groups in total. The van der Waals surface area contributed by atoms with Gasteiger partial charge in [0.1, 0.15) is 11.7 Å². The minimum atomic E-state index is -5.09. The van der Waals surface area contributed by atoms with Crippen molar-refractivity contribution in [1.82, 2.24) is 9.80 Å². The Morgan fingerprint density at radius 2 is 1.43 bits per heavy atom. The largest absolute Gasteiger partial charge is 0.457 e. The highest BCUT2D eigenvalue weighted by Gasteiger charge is 2.41. The summed E-state index contributed by atoms with van der Waals surface area (Å²) in [6.45, 7) is 6.75. The summed E-state index contributed by atoms with van der Waals surface area (Å²) in [6, 6.07) is 7.71. The average Bonchev–Trinajstić information content (AvgIpc) is 2.86. The van der Waals surface area contributed by atoms with Crippen LogP contribution in [0.15, 0.2) is 42.5 Å². The molecular weight excluding hydrogens is 542 g/mol. The van der Waals surface area contributed by atoms with Gasteiger partial charge < -0.3 is 14.4 Å². The Bertz CT molecular complexity index is 1210. The van der Waals surface area contributed by atoms with Gasteiger partial charge in [0.05, 0.1) is 22.7 Å². The van der Waals surface area contributed by atoms with Crippen molar-refractivity contribution < 1.29 is 45.4 Å². The van der Waals surface area contributed by atoms with E-state index >= 15 is 0 Å². The highest BCUT2D eigenvalue weighted by Crippen LogP contribution is 2.39. The van der Waals surface area contributed by atoms with Crippen molar-refractivity contribution in [2.24, 2.45) is 0 Å². The van der Waals surface area contributed by atoms with E-state index in [0.29, 0.717) is 51.2 Å². The van der Waals surface area contributed by atoms with E-state index in [1.54, 1.807) is 25.7 Å². The van der Waals surface area contributed by atoms with Gasteiger partial charge in [-0.05, 0) is 62.9 Å². The third-order valence-corrected chi connectivity index (χ3v) is 6.87. The fourth-order valence-corrected chi connectivity index (χ4v) is 5.05. The Kier molecular flexibility index (Phi) is 8.13. The molecule has 2 aliphatic rings. The molecule has 1 amide bonds. The Labute approximate surface area is 227 Å². The summed E-state index contributed by atoms with van der Waals surface area (Å²) in [6.07, 6.45) is -10.6. The van der Waals surface area contributed by atoms with E-state index in [0.717, 1.165) is 11.1 Å². The van der Waals surface area contributed by atoms with E-state index < -0.39 is 58.9 Å². The van der Waals surface area contributed by atoms with Gasteiger partial charge in [-0.2, -0.15) is 26.3 Å². The number of hydrogen-bond acceptors (Lipinski definition) is 5. The maximum Gasteiger partial charge on any atom is 0.416 e. The smallest absolute Gasteiger partial charge is 0.416 e. The zero-order chi connectivity index (χ0) is 29.5. The molecule has 0 bridgehead atoms. The van der Waals surface area contributed by atoms with Gasteiger partial charge in [-0.25, -0.2) is 9.59 Å². The number of piperazine rings is 1. The third-order valence-electron chi connectivity index (χ3n) is 6.87. The van der Waals surface area contributed by atoms with Crippen molar-refractivity contribution in [1.29, 1.82) is 0 Å². The standard InChI is InChI=1S/C28H30F6N2O4/c1-26(2,3)40-25(38)36-12-10-35(11-13-36)23-21-7-5-4-6-17(21)8-9-22(23)39-24(37)18-14-19(27(29,30)31)16-20(15-18)28(32,33)34/h4-7,14-16,22-23H,8-13H2,1-3H3. The Hall–Kier alpha value is -3.28. The Morgan fingerprint density at radius 3 is 1.98 bits per heavy atom. The number of esters is 1. The van der Waals surface area contributed by atoms with Gasteiger partial charge in [0.15, 0.2) is 0 Å². The van der Waals surface area contributed by atoms with E-state index in [-0.39, 0.29) is 6.07 Å². The van der Waals surface area contributed by atoms with Gasteiger partial charge in [-0.15, -0.1) is 0 Å². The molecule has 12 heteroatoms. The first kappa shape index (κ1) is 29.7. The monoisotopic (exact) mass is 572 g/mol. The number of ether oxygens (including phenoxy) is 2. The van der Waals surface area contributed by atoms with Gasteiger partial charge in [0, 0.05) is 26.2 Å². The lowest BCUT2D eigenvalue weighted by atomic mass is 9.84. The number of amides is 1. The van der Waals surface area contributed by atoms with Gasteiger partial charge in [0.2, 0.25) is 0 Å². The first-order chi connectivity index (χ1) is 18.5. The van der Waals surface area contributed by atoms with Gasteiger partial charge in [0.25, 0.3) is 0 Å². The van der Waals surface area contributed by atoms with Crippen LogP contribution in [0.25, 0.3) is 0 Å². The van der Waals surface area contributed by atoms with Crippen LogP contribution in [0, 0.1) is 0 Å². The summed E-state index contributed by atoms with van der Waals surface area (Å²) < 4.78 is 91.2. The molecule has 1 saturated heterocycles. The number of rotatable bonds is 3. The summed E-state index contributed by atoms with van der Waals surface area (Å²) in [5.74, 6) is -1.27. The van der Waals surface area contributed by atoms with Gasteiger partial charge in [-0.1, -0.05) is 24.3 Å². The number of halogens is 6. The SMILES string of the molecule is CC(C)(C)OC(=O)N1CCN(C2c3ccccc3CCC2OC(=O)c2cc(C(F)(F)F)cc(C(F)(F)F)c2)CC1. The third kappa shape index (κ3) is 6.89. The minimum Gasteiger partial charge on any atom is -0.457 e. The molecule has 2 unspecified atom stereocenters. The van der Waals surface area contributed by atoms with Crippen molar-refractivity contribution in [2.75, 3.05) is 26.2 Å². The average molecular weight is 573 g/mol. The number of nitrogens with zero attached hydrogens (tertiary/aromatic N) is 2. The highest BCUT2D eigenvalue weighted by atomic mass is 19.4. The second-order valence-corrected chi connectivity index (χ2v) is 10.9. The maximum atomic E-state index is 13.3. The molecule has 40 heavy (non-hydrogen) atoms. The molecule has 2 aromatic carbocycles.